The maximum atomic E-state index is 9.04. The molecule has 1 heterocycles. The summed E-state index contributed by atoms with van der Waals surface area (Å²) < 4.78 is 2.04. The van der Waals surface area contributed by atoms with Crippen LogP contribution < -0.4 is 0 Å². The third kappa shape index (κ3) is 3.07. The average Bonchev–Trinajstić information content (AvgIpc) is 2.76. The summed E-state index contributed by atoms with van der Waals surface area (Å²) in [7, 11) is 1.98. The van der Waals surface area contributed by atoms with E-state index in [2.05, 4.69) is 17.1 Å². The van der Waals surface area contributed by atoms with Gasteiger partial charge in [0.2, 0.25) is 0 Å². The Morgan fingerprint density at radius 3 is 2.84 bits per heavy atom. The van der Waals surface area contributed by atoms with Crippen LogP contribution in [0.1, 0.15) is 12.8 Å². The Morgan fingerprint density at radius 2 is 2.16 bits per heavy atom. The molecule has 0 saturated carbocycles. The molecular formula is C14H14N4S. The van der Waals surface area contributed by atoms with Crippen molar-refractivity contribution < 1.29 is 0 Å². The number of nitrogens with zero attached hydrogens (tertiary/aromatic N) is 4. The summed E-state index contributed by atoms with van der Waals surface area (Å²) >= 11 is 1.58. The fourth-order valence-corrected chi connectivity index (χ4v) is 2.90. The minimum absolute atomic E-state index is 0.0931. The van der Waals surface area contributed by atoms with Gasteiger partial charge in [-0.15, -0.1) is 0 Å². The van der Waals surface area contributed by atoms with E-state index in [0.29, 0.717) is 18.6 Å². The lowest BCUT2D eigenvalue weighted by Gasteiger charge is -2.06. The van der Waals surface area contributed by atoms with E-state index in [4.69, 9.17) is 10.5 Å². The number of aryl methyl sites for hydroxylation is 1. The molecule has 5 heteroatoms. The summed E-state index contributed by atoms with van der Waals surface area (Å²) in [5.74, 6) is 0.583. The second kappa shape index (κ2) is 6.26. The van der Waals surface area contributed by atoms with Gasteiger partial charge in [-0.3, -0.25) is 0 Å². The lowest BCUT2D eigenvalue weighted by Crippen LogP contribution is -2.01. The van der Waals surface area contributed by atoms with Crippen LogP contribution in [0.3, 0.4) is 0 Å². The quantitative estimate of drug-likeness (QED) is 0.783. The van der Waals surface area contributed by atoms with Crippen molar-refractivity contribution in [3.05, 3.63) is 24.3 Å². The van der Waals surface area contributed by atoms with Crippen molar-refractivity contribution in [3.63, 3.8) is 0 Å². The smallest absolute Gasteiger partial charge is 0.168 e. The number of nitriles is 2. The molecule has 0 spiro atoms. The number of rotatable bonds is 5. The van der Waals surface area contributed by atoms with Crippen LogP contribution in [0.25, 0.3) is 11.0 Å². The van der Waals surface area contributed by atoms with E-state index in [1.54, 1.807) is 11.8 Å². The van der Waals surface area contributed by atoms with Gasteiger partial charge in [0, 0.05) is 19.2 Å². The first-order chi connectivity index (χ1) is 9.26. The molecule has 0 N–H and O–H groups in total. The number of aromatic nitrogens is 2. The van der Waals surface area contributed by atoms with Gasteiger partial charge in [0.25, 0.3) is 0 Å². The molecule has 0 amide bonds. The van der Waals surface area contributed by atoms with Gasteiger partial charge in [-0.2, -0.15) is 10.5 Å². The molecular weight excluding hydrogens is 256 g/mol. The van der Waals surface area contributed by atoms with Crippen LogP contribution in [0.15, 0.2) is 29.4 Å². The van der Waals surface area contributed by atoms with Gasteiger partial charge >= 0.3 is 0 Å². The highest BCUT2D eigenvalue weighted by Crippen LogP contribution is 2.25. The molecule has 1 aromatic heterocycles. The van der Waals surface area contributed by atoms with Crippen molar-refractivity contribution in [1.29, 1.82) is 10.5 Å². The predicted molar refractivity (Wildman–Crippen MR) is 75.4 cm³/mol. The summed E-state index contributed by atoms with van der Waals surface area (Å²) in [6.07, 6.45) is 1.06. The third-order valence-electron chi connectivity index (χ3n) is 2.95. The molecule has 0 fully saturated rings. The maximum absolute atomic E-state index is 9.04. The van der Waals surface area contributed by atoms with Crippen LogP contribution in [0.4, 0.5) is 0 Å². The summed E-state index contributed by atoms with van der Waals surface area (Å²) in [6.45, 7) is 0. The van der Waals surface area contributed by atoms with Gasteiger partial charge in [-0.25, -0.2) is 4.98 Å². The molecule has 0 aliphatic carbocycles. The van der Waals surface area contributed by atoms with Crippen molar-refractivity contribution in [2.24, 2.45) is 13.0 Å². The Balaban J connectivity index is 2.08. The zero-order chi connectivity index (χ0) is 13.7. The number of para-hydroxylation sites is 2. The van der Waals surface area contributed by atoms with Crippen molar-refractivity contribution in [3.8, 4) is 12.1 Å². The maximum Gasteiger partial charge on any atom is 0.168 e. The second-order valence-electron chi connectivity index (χ2n) is 4.28. The highest BCUT2D eigenvalue weighted by Gasteiger charge is 2.12. The summed E-state index contributed by atoms with van der Waals surface area (Å²) in [6, 6.07) is 12.3. The van der Waals surface area contributed by atoms with Gasteiger partial charge in [0.05, 0.1) is 29.1 Å². The summed E-state index contributed by atoms with van der Waals surface area (Å²) in [4.78, 5) is 4.55. The van der Waals surface area contributed by atoms with E-state index >= 15 is 0 Å². The normalized spacial score (nSPS) is 11.9. The molecule has 1 atom stereocenters. The number of hydrogen-bond acceptors (Lipinski definition) is 4. The van der Waals surface area contributed by atoms with Crippen LogP contribution in [0.5, 0.6) is 0 Å². The van der Waals surface area contributed by atoms with Crippen molar-refractivity contribution in [1.82, 2.24) is 9.55 Å². The highest BCUT2D eigenvalue weighted by atomic mass is 32.2. The fraction of sp³-hybridized carbons (Fsp3) is 0.357. The Bertz CT molecular complexity index is 647. The van der Waals surface area contributed by atoms with Gasteiger partial charge in [-0.1, -0.05) is 23.9 Å². The van der Waals surface area contributed by atoms with Crippen molar-refractivity contribution >= 4 is 22.8 Å². The molecule has 0 bridgehead atoms. The topological polar surface area (TPSA) is 65.4 Å². The average molecular weight is 270 g/mol. The molecule has 2 aromatic rings. The number of thioether (sulfide) groups is 1. The zero-order valence-electron chi connectivity index (χ0n) is 10.7. The monoisotopic (exact) mass is 270 g/mol. The van der Waals surface area contributed by atoms with Crippen LogP contribution in [0, 0.1) is 28.6 Å². The molecule has 0 aliphatic heterocycles. The molecule has 0 aliphatic rings. The van der Waals surface area contributed by atoms with Gasteiger partial charge < -0.3 is 4.57 Å². The first-order valence-electron chi connectivity index (χ1n) is 6.07. The predicted octanol–water partition coefficient (Wildman–Crippen LogP) is 3.11. The molecule has 0 radical (unpaired) electrons. The molecule has 96 valence electrons. The first kappa shape index (κ1) is 13.5. The Labute approximate surface area is 116 Å². The Morgan fingerprint density at radius 1 is 1.37 bits per heavy atom. The van der Waals surface area contributed by atoms with E-state index in [-0.39, 0.29) is 5.92 Å². The molecule has 19 heavy (non-hydrogen) atoms. The molecule has 0 saturated heterocycles. The first-order valence-corrected chi connectivity index (χ1v) is 7.05. The standard InChI is InChI=1S/C14H14N4S/c1-18-13-7-3-2-6-12(13)17-14(18)19-10-11(9-16)5-4-8-15/h2-3,6-7,11H,4-5,10H2,1H3/t11-/m1/s1. The molecule has 2 rings (SSSR count). The van der Waals surface area contributed by atoms with Crippen LogP contribution in [-0.2, 0) is 7.05 Å². The number of benzene rings is 1. The lowest BCUT2D eigenvalue weighted by atomic mass is 10.1. The van der Waals surface area contributed by atoms with E-state index in [1.165, 1.54) is 0 Å². The Kier molecular flexibility index (Phi) is 4.43. The summed E-state index contributed by atoms with van der Waals surface area (Å²) in [5.41, 5.74) is 2.06. The number of imidazole rings is 1. The van der Waals surface area contributed by atoms with Gasteiger partial charge in [0.1, 0.15) is 0 Å². The zero-order valence-corrected chi connectivity index (χ0v) is 11.5. The SMILES string of the molecule is Cn1c(SC[C@@H](C#N)CCC#N)nc2ccccc21. The fourth-order valence-electron chi connectivity index (χ4n) is 1.85. The Hall–Kier alpha value is -1.98. The van der Waals surface area contributed by atoms with Crippen molar-refractivity contribution in [2.45, 2.75) is 18.0 Å². The lowest BCUT2D eigenvalue weighted by molar-refractivity contribution is 0.682. The number of hydrogen-bond donors (Lipinski definition) is 0. The van der Waals surface area contributed by atoms with E-state index in [1.807, 2.05) is 35.9 Å². The largest absolute Gasteiger partial charge is 0.322 e. The minimum Gasteiger partial charge on any atom is -0.322 e. The highest BCUT2D eigenvalue weighted by molar-refractivity contribution is 7.99. The van der Waals surface area contributed by atoms with E-state index < -0.39 is 0 Å². The number of fused-ring (bicyclic) bond motifs is 1. The van der Waals surface area contributed by atoms with Crippen LogP contribution >= 0.6 is 11.8 Å². The van der Waals surface area contributed by atoms with E-state index in [9.17, 15) is 0 Å². The van der Waals surface area contributed by atoms with Crippen LogP contribution in [-0.4, -0.2) is 15.3 Å². The van der Waals surface area contributed by atoms with Gasteiger partial charge in [-0.05, 0) is 18.6 Å². The molecule has 1 aromatic carbocycles. The third-order valence-corrected chi connectivity index (χ3v) is 4.14. The van der Waals surface area contributed by atoms with Gasteiger partial charge in [0.15, 0.2) is 5.16 Å². The molecule has 0 unspecified atom stereocenters. The molecule has 4 nitrogen and oxygen atoms in total. The minimum atomic E-state index is -0.0931. The van der Waals surface area contributed by atoms with Crippen molar-refractivity contribution in [2.75, 3.05) is 5.75 Å². The second-order valence-corrected chi connectivity index (χ2v) is 5.26. The summed E-state index contributed by atoms with van der Waals surface area (Å²) in [5, 5.41) is 18.5. The van der Waals surface area contributed by atoms with Crippen LogP contribution in [0.2, 0.25) is 0 Å². The van der Waals surface area contributed by atoms with E-state index in [0.717, 1.165) is 16.2 Å².